The highest BCUT2D eigenvalue weighted by Gasteiger charge is 2.11. The Hall–Kier alpha value is -2.20. The van der Waals surface area contributed by atoms with Gasteiger partial charge in [0.25, 0.3) is 0 Å². The van der Waals surface area contributed by atoms with E-state index >= 15 is 0 Å². The standard InChI is InChI=1S/C13H11NO3/c15-12(9-4-2-1-3-5-9)10-6-7-11(13(16)17)14-8-10/h1-8,12,15H,(H,16,17)/t12-/m1/s1. The molecule has 0 radical (unpaired) electrons. The van der Waals surface area contributed by atoms with Gasteiger partial charge in [0.05, 0.1) is 0 Å². The van der Waals surface area contributed by atoms with Crippen molar-refractivity contribution in [1.29, 1.82) is 0 Å². The van der Waals surface area contributed by atoms with Crippen LogP contribution in [0.5, 0.6) is 0 Å². The van der Waals surface area contributed by atoms with Crippen LogP contribution in [0.3, 0.4) is 0 Å². The molecule has 4 nitrogen and oxygen atoms in total. The van der Waals surface area contributed by atoms with Gasteiger partial charge in [0.1, 0.15) is 11.8 Å². The predicted octanol–water partition coefficient (Wildman–Crippen LogP) is 1.86. The van der Waals surface area contributed by atoms with E-state index in [-0.39, 0.29) is 5.69 Å². The van der Waals surface area contributed by atoms with Crippen molar-refractivity contribution in [3.8, 4) is 0 Å². The molecule has 0 saturated heterocycles. The molecular weight excluding hydrogens is 218 g/mol. The van der Waals surface area contributed by atoms with E-state index in [2.05, 4.69) is 4.98 Å². The molecule has 17 heavy (non-hydrogen) atoms. The molecule has 2 aromatic rings. The van der Waals surface area contributed by atoms with E-state index in [1.54, 1.807) is 18.2 Å². The summed E-state index contributed by atoms with van der Waals surface area (Å²) < 4.78 is 0. The lowest BCUT2D eigenvalue weighted by Gasteiger charge is -2.10. The third kappa shape index (κ3) is 2.49. The number of aliphatic hydroxyl groups is 1. The van der Waals surface area contributed by atoms with Crippen molar-refractivity contribution in [3.05, 3.63) is 65.5 Å². The van der Waals surface area contributed by atoms with E-state index in [1.165, 1.54) is 12.3 Å². The number of aromatic carboxylic acids is 1. The van der Waals surface area contributed by atoms with Crippen molar-refractivity contribution in [2.75, 3.05) is 0 Å². The first kappa shape index (κ1) is 11.3. The molecule has 1 atom stereocenters. The fourth-order valence-corrected chi connectivity index (χ4v) is 1.52. The van der Waals surface area contributed by atoms with Crippen LogP contribution in [0.25, 0.3) is 0 Å². The number of nitrogens with zero attached hydrogens (tertiary/aromatic N) is 1. The fourth-order valence-electron chi connectivity index (χ4n) is 1.52. The second kappa shape index (κ2) is 4.76. The van der Waals surface area contributed by atoms with Crippen molar-refractivity contribution in [3.63, 3.8) is 0 Å². The quantitative estimate of drug-likeness (QED) is 0.842. The van der Waals surface area contributed by atoms with E-state index in [9.17, 15) is 9.90 Å². The van der Waals surface area contributed by atoms with E-state index in [4.69, 9.17) is 5.11 Å². The Bertz CT molecular complexity index is 508. The second-order valence-electron chi connectivity index (χ2n) is 3.60. The summed E-state index contributed by atoms with van der Waals surface area (Å²) in [7, 11) is 0. The molecule has 0 bridgehead atoms. The summed E-state index contributed by atoms with van der Waals surface area (Å²) in [6.07, 6.45) is 0.591. The number of pyridine rings is 1. The molecule has 2 rings (SSSR count). The average molecular weight is 229 g/mol. The molecule has 0 aliphatic heterocycles. The van der Waals surface area contributed by atoms with E-state index in [0.29, 0.717) is 5.56 Å². The van der Waals surface area contributed by atoms with Gasteiger partial charge in [-0.2, -0.15) is 0 Å². The molecule has 1 aromatic carbocycles. The van der Waals surface area contributed by atoms with E-state index in [0.717, 1.165) is 5.56 Å². The number of aromatic nitrogens is 1. The monoisotopic (exact) mass is 229 g/mol. The number of carboxylic acids is 1. The largest absolute Gasteiger partial charge is 0.477 e. The van der Waals surface area contributed by atoms with Gasteiger partial charge in [0.2, 0.25) is 0 Å². The molecule has 0 saturated carbocycles. The van der Waals surface area contributed by atoms with Crippen LogP contribution in [0, 0.1) is 0 Å². The third-order valence-corrected chi connectivity index (χ3v) is 2.44. The Labute approximate surface area is 98.2 Å². The van der Waals surface area contributed by atoms with Crippen LogP contribution in [0.15, 0.2) is 48.7 Å². The Balaban J connectivity index is 2.26. The van der Waals surface area contributed by atoms with Gasteiger partial charge in [-0.05, 0) is 11.6 Å². The number of benzene rings is 1. The van der Waals surface area contributed by atoms with Gasteiger partial charge in [0.15, 0.2) is 0 Å². The Kier molecular flexibility index (Phi) is 3.16. The maximum absolute atomic E-state index is 10.6. The molecule has 2 N–H and O–H groups in total. The highest BCUT2D eigenvalue weighted by molar-refractivity contribution is 5.85. The topological polar surface area (TPSA) is 70.4 Å². The average Bonchev–Trinajstić information content (AvgIpc) is 2.39. The van der Waals surface area contributed by atoms with Crippen LogP contribution >= 0.6 is 0 Å². The zero-order valence-corrected chi connectivity index (χ0v) is 8.95. The van der Waals surface area contributed by atoms with Gasteiger partial charge in [-0.25, -0.2) is 9.78 Å². The number of rotatable bonds is 3. The van der Waals surface area contributed by atoms with Crippen LogP contribution in [-0.2, 0) is 0 Å². The van der Waals surface area contributed by atoms with Gasteiger partial charge in [-0.1, -0.05) is 36.4 Å². The van der Waals surface area contributed by atoms with Crippen molar-refractivity contribution in [2.24, 2.45) is 0 Å². The molecule has 86 valence electrons. The summed E-state index contributed by atoms with van der Waals surface area (Å²) in [6.45, 7) is 0. The van der Waals surface area contributed by atoms with Crippen molar-refractivity contribution < 1.29 is 15.0 Å². The Morgan fingerprint density at radius 2 is 1.76 bits per heavy atom. The molecule has 0 aliphatic rings. The number of aliphatic hydroxyl groups excluding tert-OH is 1. The van der Waals surface area contributed by atoms with Crippen molar-refractivity contribution in [2.45, 2.75) is 6.10 Å². The number of carboxylic acid groups (broad SMARTS) is 1. The van der Waals surface area contributed by atoms with Gasteiger partial charge in [0, 0.05) is 11.8 Å². The Morgan fingerprint density at radius 1 is 1.06 bits per heavy atom. The van der Waals surface area contributed by atoms with E-state index < -0.39 is 12.1 Å². The minimum absolute atomic E-state index is 0.0333. The van der Waals surface area contributed by atoms with Gasteiger partial charge >= 0.3 is 5.97 Å². The first-order valence-electron chi connectivity index (χ1n) is 5.11. The highest BCUT2D eigenvalue weighted by Crippen LogP contribution is 2.20. The first-order valence-corrected chi connectivity index (χ1v) is 5.11. The molecule has 0 aliphatic carbocycles. The minimum atomic E-state index is -1.08. The Morgan fingerprint density at radius 3 is 2.29 bits per heavy atom. The predicted molar refractivity (Wildman–Crippen MR) is 61.7 cm³/mol. The molecule has 4 heteroatoms. The summed E-state index contributed by atoms with van der Waals surface area (Å²) in [5.41, 5.74) is 1.28. The molecule has 1 aromatic heterocycles. The molecule has 0 unspecified atom stereocenters. The first-order chi connectivity index (χ1) is 8.18. The maximum Gasteiger partial charge on any atom is 0.354 e. The van der Waals surface area contributed by atoms with Crippen LogP contribution in [0.4, 0.5) is 0 Å². The lowest BCUT2D eigenvalue weighted by atomic mass is 10.0. The third-order valence-electron chi connectivity index (χ3n) is 2.44. The minimum Gasteiger partial charge on any atom is -0.477 e. The van der Waals surface area contributed by atoms with Crippen LogP contribution in [-0.4, -0.2) is 21.2 Å². The normalized spacial score (nSPS) is 12.1. The summed E-state index contributed by atoms with van der Waals surface area (Å²) >= 11 is 0. The number of carbonyl (C=O) groups is 1. The zero-order chi connectivity index (χ0) is 12.3. The molecule has 0 fully saturated rings. The summed E-state index contributed by atoms with van der Waals surface area (Å²) in [4.78, 5) is 14.4. The number of hydrogen-bond donors (Lipinski definition) is 2. The summed E-state index contributed by atoms with van der Waals surface area (Å²) in [6, 6.07) is 12.1. The zero-order valence-electron chi connectivity index (χ0n) is 8.95. The summed E-state index contributed by atoms with van der Waals surface area (Å²) in [5, 5.41) is 18.7. The molecule has 0 amide bonds. The second-order valence-corrected chi connectivity index (χ2v) is 3.60. The van der Waals surface area contributed by atoms with Crippen molar-refractivity contribution in [1.82, 2.24) is 4.98 Å². The molecular formula is C13H11NO3. The van der Waals surface area contributed by atoms with Crippen LogP contribution in [0.2, 0.25) is 0 Å². The van der Waals surface area contributed by atoms with Gasteiger partial charge < -0.3 is 10.2 Å². The molecule has 1 heterocycles. The smallest absolute Gasteiger partial charge is 0.354 e. The SMILES string of the molecule is O=C(O)c1ccc([C@H](O)c2ccccc2)cn1. The highest BCUT2D eigenvalue weighted by atomic mass is 16.4. The summed E-state index contributed by atoms with van der Waals surface area (Å²) in [5.74, 6) is -1.08. The van der Waals surface area contributed by atoms with Crippen molar-refractivity contribution >= 4 is 5.97 Å². The number of hydrogen-bond acceptors (Lipinski definition) is 3. The maximum atomic E-state index is 10.6. The van der Waals surface area contributed by atoms with Gasteiger partial charge in [-0.15, -0.1) is 0 Å². The van der Waals surface area contributed by atoms with Crippen LogP contribution < -0.4 is 0 Å². The lowest BCUT2D eigenvalue weighted by molar-refractivity contribution is 0.0690. The van der Waals surface area contributed by atoms with E-state index in [1.807, 2.05) is 18.2 Å². The van der Waals surface area contributed by atoms with Gasteiger partial charge in [-0.3, -0.25) is 0 Å². The lowest BCUT2D eigenvalue weighted by Crippen LogP contribution is -2.04. The van der Waals surface area contributed by atoms with Crippen LogP contribution in [0.1, 0.15) is 27.7 Å². The fraction of sp³-hybridized carbons (Fsp3) is 0.0769. The molecule has 0 spiro atoms.